The summed E-state index contributed by atoms with van der Waals surface area (Å²) in [6, 6.07) is 36.1. The molecular weight excluding hydrogens is 378 g/mol. The van der Waals surface area contributed by atoms with E-state index in [1.54, 1.807) is 0 Å². The Morgan fingerprint density at radius 2 is 0.839 bits per heavy atom. The zero-order valence-electron chi connectivity index (χ0n) is 16.7. The summed E-state index contributed by atoms with van der Waals surface area (Å²) in [5.41, 5.74) is 2.87. The first-order valence-electron chi connectivity index (χ1n) is 10.5. The van der Waals surface area contributed by atoms with Crippen LogP contribution in [0.3, 0.4) is 0 Å². The maximum Gasteiger partial charge on any atom is 0.122 e. The van der Waals surface area contributed by atoms with Crippen LogP contribution in [0.15, 0.2) is 103 Å². The Bertz CT molecular complexity index is 1720. The predicted molar refractivity (Wildman–Crippen MR) is 129 cm³/mol. The molecule has 0 unspecified atom stereocenters. The minimum atomic E-state index is 0.937. The molecule has 3 nitrogen and oxygen atoms in total. The summed E-state index contributed by atoms with van der Waals surface area (Å²) in [5, 5.41) is 19.5. The normalized spacial score (nSPS) is 11.9. The van der Waals surface area contributed by atoms with Crippen LogP contribution in [0.4, 0.5) is 0 Å². The van der Waals surface area contributed by atoms with E-state index in [9.17, 15) is 0 Å². The van der Waals surface area contributed by atoms with Crippen LogP contribution in [0.5, 0.6) is 0 Å². The third-order valence-electron chi connectivity index (χ3n) is 6.23. The van der Waals surface area contributed by atoms with Crippen molar-refractivity contribution >= 4 is 54.1 Å². The fourth-order valence-electron chi connectivity index (χ4n) is 4.83. The van der Waals surface area contributed by atoms with E-state index in [1.807, 2.05) is 4.80 Å². The van der Waals surface area contributed by atoms with Gasteiger partial charge in [0.1, 0.15) is 11.0 Å². The molecule has 0 saturated carbocycles. The zero-order valence-corrected chi connectivity index (χ0v) is 16.7. The summed E-state index contributed by atoms with van der Waals surface area (Å²) in [7, 11) is 0. The number of hydrogen-bond acceptors (Lipinski definition) is 2. The Labute approximate surface area is 178 Å². The van der Waals surface area contributed by atoms with Gasteiger partial charge in [0, 0.05) is 16.2 Å². The minimum absolute atomic E-state index is 0.937. The van der Waals surface area contributed by atoms with Crippen LogP contribution in [0.2, 0.25) is 0 Å². The van der Waals surface area contributed by atoms with Gasteiger partial charge in [-0.2, -0.15) is 0 Å². The Hall–Kier alpha value is -4.24. The fraction of sp³-hybridized carbons (Fsp3) is 0. The van der Waals surface area contributed by atoms with Crippen molar-refractivity contribution < 1.29 is 0 Å². The van der Waals surface area contributed by atoms with Crippen molar-refractivity contribution in [3.05, 3.63) is 103 Å². The van der Waals surface area contributed by atoms with Gasteiger partial charge in [0.15, 0.2) is 0 Å². The SMILES string of the molecule is c1ccc2c(c1)cc(-n1nc3c4ccccc4c4ccccc4c3n1)c1ccccc12. The standard InChI is InChI=1S/C28H17N3/c1-2-10-19-18(9-1)17-26(23-14-6-3-11-20(19)23)31-29-27-24-15-7-4-12-21(24)22-13-5-8-16-25(22)28(27)30-31/h1-17H. The van der Waals surface area contributed by atoms with Crippen molar-refractivity contribution in [2.75, 3.05) is 0 Å². The molecule has 31 heavy (non-hydrogen) atoms. The van der Waals surface area contributed by atoms with Gasteiger partial charge in [0.05, 0.1) is 5.69 Å². The lowest BCUT2D eigenvalue weighted by molar-refractivity contribution is 0.773. The highest BCUT2D eigenvalue weighted by Crippen LogP contribution is 2.35. The summed E-state index contributed by atoms with van der Waals surface area (Å²) in [6.45, 7) is 0. The number of nitrogens with zero attached hydrogens (tertiary/aromatic N) is 3. The lowest BCUT2D eigenvalue weighted by Gasteiger charge is -2.09. The van der Waals surface area contributed by atoms with Gasteiger partial charge in [0.2, 0.25) is 0 Å². The third kappa shape index (κ3) is 2.29. The second-order valence-electron chi connectivity index (χ2n) is 7.94. The second-order valence-corrected chi connectivity index (χ2v) is 7.94. The molecule has 0 amide bonds. The van der Waals surface area contributed by atoms with Crippen molar-refractivity contribution in [1.29, 1.82) is 0 Å². The van der Waals surface area contributed by atoms with E-state index in [-0.39, 0.29) is 0 Å². The van der Waals surface area contributed by atoms with E-state index in [1.165, 1.54) is 26.9 Å². The van der Waals surface area contributed by atoms with Crippen LogP contribution < -0.4 is 0 Å². The number of hydrogen-bond donors (Lipinski definition) is 0. The van der Waals surface area contributed by atoms with Crippen LogP contribution in [-0.4, -0.2) is 15.0 Å². The number of rotatable bonds is 1. The lowest BCUT2D eigenvalue weighted by atomic mass is 10.0. The van der Waals surface area contributed by atoms with E-state index < -0.39 is 0 Å². The Balaban J connectivity index is 1.65. The molecule has 6 aromatic carbocycles. The van der Waals surface area contributed by atoms with Crippen LogP contribution >= 0.6 is 0 Å². The minimum Gasteiger partial charge on any atom is -0.150 e. The van der Waals surface area contributed by atoms with E-state index in [4.69, 9.17) is 10.2 Å². The van der Waals surface area contributed by atoms with Crippen molar-refractivity contribution in [3.63, 3.8) is 0 Å². The highest BCUT2D eigenvalue weighted by molar-refractivity contribution is 6.23. The summed E-state index contributed by atoms with van der Waals surface area (Å²) >= 11 is 0. The van der Waals surface area contributed by atoms with Gasteiger partial charge in [-0.1, -0.05) is 97.1 Å². The lowest BCUT2D eigenvalue weighted by Crippen LogP contribution is -2.00. The van der Waals surface area contributed by atoms with E-state index in [0.29, 0.717) is 0 Å². The van der Waals surface area contributed by atoms with Crippen molar-refractivity contribution in [2.24, 2.45) is 0 Å². The molecule has 0 fully saturated rings. The van der Waals surface area contributed by atoms with Crippen LogP contribution in [0, 0.1) is 0 Å². The first kappa shape index (κ1) is 16.5. The highest BCUT2D eigenvalue weighted by atomic mass is 15.5. The van der Waals surface area contributed by atoms with Gasteiger partial charge in [-0.25, -0.2) is 0 Å². The molecule has 0 bridgehead atoms. The highest BCUT2D eigenvalue weighted by Gasteiger charge is 2.16. The van der Waals surface area contributed by atoms with Crippen molar-refractivity contribution in [1.82, 2.24) is 15.0 Å². The van der Waals surface area contributed by atoms with Gasteiger partial charge < -0.3 is 0 Å². The van der Waals surface area contributed by atoms with Crippen LogP contribution in [-0.2, 0) is 0 Å². The van der Waals surface area contributed by atoms with Crippen LogP contribution in [0.1, 0.15) is 0 Å². The Morgan fingerprint density at radius 1 is 0.419 bits per heavy atom. The molecule has 0 spiro atoms. The fourth-order valence-corrected chi connectivity index (χ4v) is 4.83. The monoisotopic (exact) mass is 395 g/mol. The first-order chi connectivity index (χ1) is 15.4. The average molecular weight is 395 g/mol. The number of fused-ring (bicyclic) bond motifs is 9. The molecule has 0 atom stereocenters. The molecular formula is C28H17N3. The van der Waals surface area contributed by atoms with E-state index >= 15 is 0 Å². The topological polar surface area (TPSA) is 30.7 Å². The van der Waals surface area contributed by atoms with Gasteiger partial charge >= 0.3 is 0 Å². The largest absolute Gasteiger partial charge is 0.150 e. The molecule has 1 heterocycles. The molecule has 0 radical (unpaired) electrons. The molecule has 0 aliphatic rings. The third-order valence-corrected chi connectivity index (χ3v) is 6.23. The van der Waals surface area contributed by atoms with Crippen molar-refractivity contribution in [2.45, 2.75) is 0 Å². The summed E-state index contributed by atoms with van der Waals surface area (Å²) in [6.07, 6.45) is 0. The average Bonchev–Trinajstić information content (AvgIpc) is 3.30. The van der Waals surface area contributed by atoms with Crippen LogP contribution in [0.25, 0.3) is 59.8 Å². The first-order valence-corrected chi connectivity index (χ1v) is 10.5. The Morgan fingerprint density at radius 3 is 1.42 bits per heavy atom. The summed E-state index contributed by atoms with van der Waals surface area (Å²) in [4.78, 5) is 1.82. The molecule has 0 saturated heterocycles. The molecule has 0 N–H and O–H groups in total. The van der Waals surface area contributed by atoms with Gasteiger partial charge in [-0.15, -0.1) is 15.0 Å². The van der Waals surface area contributed by atoms with Crippen molar-refractivity contribution in [3.8, 4) is 5.69 Å². The summed E-state index contributed by atoms with van der Waals surface area (Å²) in [5.74, 6) is 0. The maximum atomic E-state index is 5.02. The van der Waals surface area contributed by atoms with Gasteiger partial charge in [-0.05, 0) is 33.0 Å². The molecule has 1 aromatic heterocycles. The summed E-state index contributed by atoms with van der Waals surface area (Å²) < 4.78 is 0. The maximum absolute atomic E-state index is 5.02. The molecule has 144 valence electrons. The predicted octanol–water partition coefficient (Wildman–Crippen LogP) is 7.03. The van der Waals surface area contributed by atoms with Gasteiger partial charge in [-0.3, -0.25) is 0 Å². The number of benzene rings is 6. The molecule has 7 aromatic rings. The number of aromatic nitrogens is 3. The van der Waals surface area contributed by atoms with E-state index in [0.717, 1.165) is 32.9 Å². The molecule has 0 aliphatic carbocycles. The molecule has 0 aliphatic heterocycles. The zero-order chi connectivity index (χ0) is 20.4. The molecule has 3 heteroatoms. The smallest absolute Gasteiger partial charge is 0.122 e. The van der Waals surface area contributed by atoms with E-state index in [2.05, 4.69) is 103 Å². The Kier molecular flexibility index (Phi) is 3.27. The molecule has 7 rings (SSSR count). The van der Waals surface area contributed by atoms with Gasteiger partial charge in [0.25, 0.3) is 0 Å². The second kappa shape index (κ2) is 6.13. The quantitative estimate of drug-likeness (QED) is 0.279.